The Morgan fingerprint density at radius 2 is 1.68 bits per heavy atom. The molecule has 4 heteroatoms. The number of aliphatic imine (C=N–C) groups is 1. The number of carbonyl (C=O) groups excluding carboxylic acids is 1. The molecule has 3 nitrogen and oxygen atoms in total. The lowest BCUT2D eigenvalue weighted by Gasteiger charge is -2.17. The molecule has 1 heterocycles. The number of carbonyl (C=O) groups is 1. The number of hydrogen-bond acceptors (Lipinski definition) is 2. The van der Waals surface area contributed by atoms with Crippen LogP contribution >= 0.6 is 0 Å². The van der Waals surface area contributed by atoms with Gasteiger partial charge in [0.15, 0.2) is 0 Å². The van der Waals surface area contributed by atoms with E-state index in [4.69, 9.17) is 0 Å². The summed E-state index contributed by atoms with van der Waals surface area (Å²) in [5, 5.41) is 0. The van der Waals surface area contributed by atoms with Crippen molar-refractivity contribution in [2.75, 3.05) is 11.9 Å². The second-order valence-corrected chi connectivity index (χ2v) is 4.57. The van der Waals surface area contributed by atoms with E-state index in [0.717, 1.165) is 11.3 Å². The third kappa shape index (κ3) is 2.77. The number of halogens is 1. The maximum absolute atomic E-state index is 13.8. The Hall–Kier alpha value is -2.49. The zero-order chi connectivity index (χ0) is 16.1. The minimum Gasteiger partial charge on any atom is -0.302 e. The highest BCUT2D eigenvalue weighted by Gasteiger charge is 2.33. The van der Waals surface area contributed by atoms with Gasteiger partial charge in [-0.1, -0.05) is 50.2 Å². The normalized spacial score (nSPS) is 14.6. The van der Waals surface area contributed by atoms with Crippen LogP contribution in [-0.2, 0) is 11.3 Å². The van der Waals surface area contributed by atoms with E-state index < -0.39 is 0 Å². The van der Waals surface area contributed by atoms with Crippen LogP contribution in [0.5, 0.6) is 0 Å². The molecule has 0 bridgehead atoms. The molecule has 1 aliphatic rings. The molecule has 0 saturated heterocycles. The maximum Gasteiger partial charge on any atom is 0.277 e. The number of hydrogen-bond donors (Lipinski definition) is 0. The molecular formula is C18H19FN2O. The summed E-state index contributed by atoms with van der Waals surface area (Å²) in [6.45, 7) is 4.21. The van der Waals surface area contributed by atoms with Gasteiger partial charge < -0.3 is 4.90 Å². The van der Waals surface area contributed by atoms with Crippen LogP contribution in [0.1, 0.15) is 25.0 Å². The molecule has 0 radical (unpaired) electrons. The first-order valence-electron chi connectivity index (χ1n) is 7.34. The van der Waals surface area contributed by atoms with E-state index in [-0.39, 0.29) is 18.3 Å². The molecule has 114 valence electrons. The molecule has 0 unspecified atom stereocenters. The van der Waals surface area contributed by atoms with Crippen LogP contribution in [0.25, 0.3) is 0 Å². The number of anilines is 1. The minimum atomic E-state index is -0.306. The van der Waals surface area contributed by atoms with Gasteiger partial charge >= 0.3 is 0 Å². The highest BCUT2D eigenvalue weighted by atomic mass is 19.1. The molecule has 0 saturated carbocycles. The molecule has 0 aromatic heterocycles. The summed E-state index contributed by atoms with van der Waals surface area (Å²) in [5.41, 5.74) is 2.50. The van der Waals surface area contributed by atoms with Gasteiger partial charge in [-0.2, -0.15) is 0 Å². The van der Waals surface area contributed by atoms with Gasteiger partial charge in [-0.05, 0) is 12.1 Å². The first kappa shape index (κ1) is 15.9. The Bertz CT molecular complexity index is 710. The van der Waals surface area contributed by atoms with E-state index >= 15 is 0 Å². The van der Waals surface area contributed by atoms with Crippen LogP contribution in [0.4, 0.5) is 10.1 Å². The highest BCUT2D eigenvalue weighted by molar-refractivity contribution is 6.54. The average molecular weight is 298 g/mol. The highest BCUT2D eigenvalue weighted by Crippen LogP contribution is 2.30. The fraction of sp³-hybridized carbons (Fsp3) is 0.222. The van der Waals surface area contributed by atoms with E-state index in [1.807, 2.05) is 38.1 Å². The molecule has 0 fully saturated rings. The summed E-state index contributed by atoms with van der Waals surface area (Å²) < 4.78 is 13.8. The SMILES string of the molecule is CC.CN=C1C(=O)N(Cc2ccccc2F)c2ccccc21. The number of benzene rings is 2. The van der Waals surface area contributed by atoms with Gasteiger partial charge in [-0.15, -0.1) is 0 Å². The molecule has 2 aromatic carbocycles. The van der Waals surface area contributed by atoms with E-state index in [2.05, 4.69) is 4.99 Å². The fourth-order valence-electron chi connectivity index (χ4n) is 2.43. The van der Waals surface area contributed by atoms with Crippen molar-refractivity contribution in [2.45, 2.75) is 20.4 Å². The van der Waals surface area contributed by atoms with Crippen LogP contribution in [0, 0.1) is 5.82 Å². The topological polar surface area (TPSA) is 32.7 Å². The summed E-state index contributed by atoms with van der Waals surface area (Å²) in [4.78, 5) is 18.0. The summed E-state index contributed by atoms with van der Waals surface area (Å²) in [7, 11) is 1.59. The van der Waals surface area contributed by atoms with Gasteiger partial charge in [0.05, 0.1) is 12.2 Å². The van der Waals surface area contributed by atoms with Crippen molar-refractivity contribution in [1.82, 2.24) is 0 Å². The third-order valence-electron chi connectivity index (χ3n) is 3.41. The Morgan fingerprint density at radius 1 is 1.05 bits per heavy atom. The zero-order valence-corrected chi connectivity index (χ0v) is 13.0. The summed E-state index contributed by atoms with van der Waals surface area (Å²) in [6, 6.07) is 13.9. The van der Waals surface area contributed by atoms with Crippen molar-refractivity contribution in [3.05, 3.63) is 65.5 Å². The molecule has 2 aromatic rings. The van der Waals surface area contributed by atoms with Crippen LogP contribution < -0.4 is 4.90 Å². The van der Waals surface area contributed by atoms with Crippen molar-refractivity contribution in [3.63, 3.8) is 0 Å². The predicted molar refractivity (Wildman–Crippen MR) is 87.8 cm³/mol. The van der Waals surface area contributed by atoms with Crippen molar-refractivity contribution in [1.29, 1.82) is 0 Å². The lowest BCUT2D eigenvalue weighted by molar-refractivity contribution is -0.112. The Morgan fingerprint density at radius 3 is 2.36 bits per heavy atom. The smallest absolute Gasteiger partial charge is 0.277 e. The van der Waals surface area contributed by atoms with Crippen LogP contribution in [0.3, 0.4) is 0 Å². The lowest BCUT2D eigenvalue weighted by atomic mass is 10.1. The van der Waals surface area contributed by atoms with Crippen molar-refractivity contribution in [2.24, 2.45) is 4.99 Å². The second-order valence-electron chi connectivity index (χ2n) is 4.57. The number of rotatable bonds is 2. The van der Waals surface area contributed by atoms with Crippen LogP contribution in [0.15, 0.2) is 53.5 Å². The number of para-hydroxylation sites is 1. The van der Waals surface area contributed by atoms with Crippen LogP contribution in [-0.4, -0.2) is 18.7 Å². The van der Waals surface area contributed by atoms with Gasteiger partial charge in [0.2, 0.25) is 0 Å². The van der Waals surface area contributed by atoms with Crippen molar-refractivity contribution < 1.29 is 9.18 Å². The fourth-order valence-corrected chi connectivity index (χ4v) is 2.43. The molecule has 0 N–H and O–H groups in total. The second kappa shape index (κ2) is 6.98. The van der Waals surface area contributed by atoms with E-state index in [9.17, 15) is 9.18 Å². The van der Waals surface area contributed by atoms with Gasteiger partial charge in [0, 0.05) is 18.2 Å². The van der Waals surface area contributed by atoms with Crippen molar-refractivity contribution >= 4 is 17.3 Å². The molecule has 1 aliphatic heterocycles. The molecule has 1 amide bonds. The molecule has 3 rings (SSSR count). The Balaban J connectivity index is 0.000000847. The standard InChI is InChI=1S/C16H13FN2O.C2H6/c1-18-15-12-7-3-5-9-14(12)19(16(15)20)10-11-6-2-4-8-13(11)17;1-2/h2-9H,10H2,1H3;1-2H3. The van der Waals surface area contributed by atoms with Gasteiger partial charge in [-0.3, -0.25) is 9.79 Å². The van der Waals surface area contributed by atoms with Crippen LogP contribution in [0.2, 0.25) is 0 Å². The molecule has 0 atom stereocenters. The molecule has 0 spiro atoms. The first-order chi connectivity index (χ1) is 10.7. The van der Waals surface area contributed by atoms with Gasteiger partial charge in [0.25, 0.3) is 5.91 Å². The predicted octanol–water partition coefficient (Wildman–Crippen LogP) is 3.82. The number of nitrogens with zero attached hydrogens (tertiary/aromatic N) is 2. The lowest BCUT2D eigenvalue weighted by Crippen LogP contribution is -2.29. The van der Waals surface area contributed by atoms with E-state index in [1.165, 1.54) is 6.07 Å². The zero-order valence-electron chi connectivity index (χ0n) is 13.0. The maximum atomic E-state index is 13.8. The summed E-state index contributed by atoms with van der Waals surface area (Å²) >= 11 is 0. The van der Waals surface area contributed by atoms with Crippen molar-refractivity contribution in [3.8, 4) is 0 Å². The average Bonchev–Trinajstić information content (AvgIpc) is 2.83. The number of amides is 1. The monoisotopic (exact) mass is 298 g/mol. The third-order valence-corrected chi connectivity index (χ3v) is 3.41. The Labute approximate surface area is 130 Å². The molecule has 0 aliphatic carbocycles. The van der Waals surface area contributed by atoms with Gasteiger partial charge in [0.1, 0.15) is 11.5 Å². The number of fused-ring (bicyclic) bond motifs is 1. The minimum absolute atomic E-state index is 0.183. The quantitative estimate of drug-likeness (QED) is 0.829. The van der Waals surface area contributed by atoms with E-state index in [0.29, 0.717) is 11.3 Å². The summed E-state index contributed by atoms with van der Waals surface area (Å²) in [6.07, 6.45) is 0. The van der Waals surface area contributed by atoms with Gasteiger partial charge in [-0.25, -0.2) is 4.39 Å². The largest absolute Gasteiger partial charge is 0.302 e. The Kier molecular flexibility index (Phi) is 5.04. The van der Waals surface area contributed by atoms with E-state index in [1.54, 1.807) is 30.1 Å². The molecular weight excluding hydrogens is 279 g/mol. The molecule has 22 heavy (non-hydrogen) atoms. The summed E-state index contributed by atoms with van der Waals surface area (Å²) in [5.74, 6) is -0.489. The first-order valence-corrected chi connectivity index (χ1v) is 7.34.